The summed E-state index contributed by atoms with van der Waals surface area (Å²) in [6.07, 6.45) is 1.61. The Hall–Kier alpha value is -1.62. The highest BCUT2D eigenvalue weighted by Crippen LogP contribution is 2.55. The standard InChI is InChI=1S/C12H8N2O2S/c15-11-9-7-5(3-13-11)1-2-6-4-14-12(16)10(17-9)8(6)7/h1-3,9-10H,4H2,(H,14,16). The monoisotopic (exact) mass is 244 g/mol. The Kier molecular flexibility index (Phi) is 1.65. The van der Waals surface area contributed by atoms with Crippen molar-refractivity contribution < 1.29 is 9.59 Å². The van der Waals surface area contributed by atoms with Gasteiger partial charge in [-0.25, -0.2) is 4.99 Å². The van der Waals surface area contributed by atoms with Crippen LogP contribution in [0.15, 0.2) is 17.1 Å². The highest BCUT2D eigenvalue weighted by molar-refractivity contribution is 8.01. The van der Waals surface area contributed by atoms with Gasteiger partial charge in [0.25, 0.3) is 5.91 Å². The van der Waals surface area contributed by atoms with E-state index < -0.39 is 0 Å². The quantitative estimate of drug-likeness (QED) is 0.743. The Morgan fingerprint density at radius 1 is 1.24 bits per heavy atom. The first-order chi connectivity index (χ1) is 8.25. The molecule has 4 rings (SSSR count). The van der Waals surface area contributed by atoms with Gasteiger partial charge in [-0.05, 0) is 22.3 Å². The molecule has 0 fully saturated rings. The Balaban J connectivity index is 2.06. The fraction of sp³-hybridized carbons (Fsp3) is 0.250. The number of nitrogens with one attached hydrogen (secondary N) is 1. The molecular weight excluding hydrogens is 236 g/mol. The van der Waals surface area contributed by atoms with E-state index in [2.05, 4.69) is 10.3 Å². The van der Waals surface area contributed by atoms with E-state index in [1.54, 1.807) is 6.21 Å². The first-order valence-electron chi connectivity index (χ1n) is 5.42. The Labute approximate surface area is 101 Å². The van der Waals surface area contributed by atoms with E-state index in [1.165, 1.54) is 11.8 Å². The summed E-state index contributed by atoms with van der Waals surface area (Å²) in [4.78, 5) is 27.5. The zero-order chi connectivity index (χ0) is 11.6. The van der Waals surface area contributed by atoms with Crippen LogP contribution in [-0.2, 0) is 16.1 Å². The van der Waals surface area contributed by atoms with Gasteiger partial charge in [0.05, 0.1) is 0 Å². The lowest BCUT2D eigenvalue weighted by Crippen LogP contribution is -2.32. The summed E-state index contributed by atoms with van der Waals surface area (Å²) in [7, 11) is 0. The maximum Gasteiger partial charge on any atom is 0.263 e. The van der Waals surface area contributed by atoms with Crippen LogP contribution in [0.4, 0.5) is 0 Å². The minimum Gasteiger partial charge on any atom is -0.351 e. The third kappa shape index (κ3) is 1.07. The number of hydrogen-bond acceptors (Lipinski definition) is 3. The molecule has 0 saturated carbocycles. The van der Waals surface area contributed by atoms with Crippen LogP contribution in [0.1, 0.15) is 32.8 Å². The SMILES string of the molecule is O=C1N=Cc2ccc3c4c2C1SC4C(=O)NC3. The lowest BCUT2D eigenvalue weighted by Gasteiger charge is -2.21. The van der Waals surface area contributed by atoms with Crippen LogP contribution >= 0.6 is 11.8 Å². The molecule has 2 unspecified atom stereocenters. The number of nitrogens with zero attached hydrogens (tertiary/aromatic N) is 1. The van der Waals surface area contributed by atoms with Gasteiger partial charge < -0.3 is 5.32 Å². The van der Waals surface area contributed by atoms with Crippen molar-refractivity contribution >= 4 is 29.8 Å². The second-order valence-electron chi connectivity index (χ2n) is 4.35. The van der Waals surface area contributed by atoms with Crippen molar-refractivity contribution in [1.29, 1.82) is 0 Å². The van der Waals surface area contributed by atoms with Gasteiger partial charge >= 0.3 is 0 Å². The molecule has 0 spiro atoms. The molecule has 2 amide bonds. The van der Waals surface area contributed by atoms with E-state index in [4.69, 9.17) is 0 Å². The fourth-order valence-electron chi connectivity index (χ4n) is 2.69. The van der Waals surface area contributed by atoms with Crippen LogP contribution in [-0.4, -0.2) is 18.0 Å². The molecule has 4 nitrogen and oxygen atoms in total. The number of amides is 2. The van der Waals surface area contributed by atoms with Crippen molar-refractivity contribution in [3.63, 3.8) is 0 Å². The van der Waals surface area contributed by atoms with E-state index in [1.807, 2.05) is 12.1 Å². The highest BCUT2D eigenvalue weighted by Gasteiger charge is 2.45. The van der Waals surface area contributed by atoms with Crippen LogP contribution in [0.3, 0.4) is 0 Å². The minimum absolute atomic E-state index is 0.0121. The second-order valence-corrected chi connectivity index (χ2v) is 5.57. The van der Waals surface area contributed by atoms with Crippen molar-refractivity contribution in [2.45, 2.75) is 17.0 Å². The van der Waals surface area contributed by atoms with Gasteiger partial charge in [0.2, 0.25) is 5.91 Å². The summed E-state index contributed by atoms with van der Waals surface area (Å²) >= 11 is 1.41. The summed E-state index contributed by atoms with van der Waals surface area (Å²) in [6, 6.07) is 4.00. The first kappa shape index (κ1) is 9.41. The molecule has 2 atom stereocenters. The summed E-state index contributed by atoms with van der Waals surface area (Å²) in [5.74, 6) is -0.129. The van der Waals surface area contributed by atoms with Gasteiger partial charge in [-0.3, -0.25) is 9.59 Å². The molecule has 3 aliphatic heterocycles. The van der Waals surface area contributed by atoms with Crippen molar-refractivity contribution in [3.8, 4) is 0 Å². The van der Waals surface area contributed by atoms with Gasteiger partial charge in [0.15, 0.2) is 0 Å². The number of carbonyl (C=O) groups is 2. The fourth-order valence-corrected chi connectivity index (χ4v) is 4.16. The van der Waals surface area contributed by atoms with Crippen molar-refractivity contribution in [2.75, 3.05) is 0 Å². The van der Waals surface area contributed by atoms with Crippen LogP contribution in [0, 0.1) is 0 Å². The number of aliphatic imine (C=N–C) groups is 1. The van der Waals surface area contributed by atoms with E-state index in [9.17, 15) is 9.59 Å². The highest BCUT2D eigenvalue weighted by atomic mass is 32.2. The van der Waals surface area contributed by atoms with Crippen molar-refractivity contribution in [3.05, 3.63) is 34.4 Å². The summed E-state index contributed by atoms with van der Waals surface area (Å²) in [6.45, 7) is 0.566. The summed E-state index contributed by atoms with van der Waals surface area (Å²) < 4.78 is 0. The zero-order valence-electron chi connectivity index (χ0n) is 8.77. The van der Waals surface area contributed by atoms with Crippen LogP contribution in [0.5, 0.6) is 0 Å². The lowest BCUT2D eigenvalue weighted by molar-refractivity contribution is -0.121. The molecule has 0 saturated heterocycles. The topological polar surface area (TPSA) is 58.5 Å². The minimum atomic E-state index is -0.279. The molecule has 0 aliphatic carbocycles. The molecule has 84 valence electrons. The predicted molar refractivity (Wildman–Crippen MR) is 64.0 cm³/mol. The molecule has 3 aliphatic rings. The van der Waals surface area contributed by atoms with Gasteiger partial charge in [-0.2, -0.15) is 0 Å². The van der Waals surface area contributed by atoms with Gasteiger partial charge in [-0.1, -0.05) is 12.1 Å². The molecule has 3 heterocycles. The Morgan fingerprint density at radius 2 is 2.12 bits per heavy atom. The van der Waals surface area contributed by atoms with E-state index >= 15 is 0 Å². The Morgan fingerprint density at radius 3 is 3.00 bits per heavy atom. The maximum atomic E-state index is 11.8. The van der Waals surface area contributed by atoms with E-state index in [0.29, 0.717) is 6.54 Å². The molecule has 1 aromatic rings. The summed E-state index contributed by atoms with van der Waals surface area (Å²) in [5.41, 5.74) is 4.19. The number of hydrogen-bond donors (Lipinski definition) is 1. The maximum absolute atomic E-state index is 11.8. The zero-order valence-corrected chi connectivity index (χ0v) is 9.58. The van der Waals surface area contributed by atoms with E-state index in [-0.39, 0.29) is 22.3 Å². The molecule has 5 heteroatoms. The van der Waals surface area contributed by atoms with Crippen LogP contribution < -0.4 is 5.32 Å². The smallest absolute Gasteiger partial charge is 0.263 e. The molecule has 0 radical (unpaired) electrons. The largest absolute Gasteiger partial charge is 0.351 e. The summed E-state index contributed by atoms with van der Waals surface area (Å²) in [5, 5.41) is 2.35. The van der Waals surface area contributed by atoms with Gasteiger partial charge in [-0.15, -0.1) is 11.8 Å². The van der Waals surface area contributed by atoms with Gasteiger partial charge in [0, 0.05) is 12.8 Å². The second kappa shape index (κ2) is 2.98. The normalized spacial score (nSPS) is 28.0. The van der Waals surface area contributed by atoms with Crippen LogP contribution in [0.2, 0.25) is 0 Å². The molecule has 0 aromatic heterocycles. The predicted octanol–water partition coefficient (Wildman–Crippen LogP) is 1.10. The van der Waals surface area contributed by atoms with Crippen molar-refractivity contribution in [2.24, 2.45) is 4.99 Å². The molecule has 1 N–H and O–H groups in total. The average molecular weight is 244 g/mol. The number of carbonyl (C=O) groups excluding carboxylic acids is 2. The van der Waals surface area contributed by atoms with Gasteiger partial charge in [0.1, 0.15) is 10.5 Å². The number of benzene rings is 1. The number of rotatable bonds is 0. The molecule has 0 bridgehead atoms. The first-order valence-corrected chi connectivity index (χ1v) is 6.37. The Bertz CT molecular complexity index is 609. The third-order valence-electron chi connectivity index (χ3n) is 3.45. The van der Waals surface area contributed by atoms with Crippen molar-refractivity contribution in [1.82, 2.24) is 5.32 Å². The molecule has 1 aromatic carbocycles. The third-order valence-corrected chi connectivity index (χ3v) is 4.89. The molecular formula is C12H8N2O2S. The number of thioether (sulfide) groups is 1. The van der Waals surface area contributed by atoms with Crippen LogP contribution in [0.25, 0.3) is 0 Å². The average Bonchev–Trinajstić information content (AvgIpc) is 2.75. The lowest BCUT2D eigenvalue weighted by atomic mass is 9.89. The van der Waals surface area contributed by atoms with E-state index in [0.717, 1.165) is 22.3 Å². The molecule has 17 heavy (non-hydrogen) atoms.